The number of hydrogen-bond donors (Lipinski definition) is 1. The number of benzene rings is 1. The maximum Gasteiger partial charge on any atom is 0.126 e. The van der Waals surface area contributed by atoms with Crippen molar-refractivity contribution in [3.05, 3.63) is 29.6 Å². The summed E-state index contributed by atoms with van der Waals surface area (Å²) in [4.78, 5) is 1.89. The van der Waals surface area contributed by atoms with E-state index in [1.807, 2.05) is 11.0 Å². The van der Waals surface area contributed by atoms with Gasteiger partial charge in [0.2, 0.25) is 0 Å². The van der Waals surface area contributed by atoms with Gasteiger partial charge in [-0.05, 0) is 31.5 Å². The lowest BCUT2D eigenvalue weighted by Crippen LogP contribution is -2.29. The van der Waals surface area contributed by atoms with E-state index in [1.165, 1.54) is 12.1 Å². The molecular formula is C12H13FN2O. The van der Waals surface area contributed by atoms with Crippen molar-refractivity contribution in [1.29, 1.82) is 5.26 Å². The Labute approximate surface area is 93.7 Å². The number of halogens is 1. The van der Waals surface area contributed by atoms with Gasteiger partial charge >= 0.3 is 0 Å². The Balaban J connectivity index is 2.29. The molecule has 0 saturated carbocycles. The Hall–Kier alpha value is -1.60. The third kappa shape index (κ3) is 2.15. The molecule has 1 heterocycles. The van der Waals surface area contributed by atoms with Crippen molar-refractivity contribution in [3.63, 3.8) is 0 Å². The molecule has 0 bridgehead atoms. The molecule has 0 aliphatic carbocycles. The highest BCUT2D eigenvalue weighted by atomic mass is 19.1. The monoisotopic (exact) mass is 220 g/mol. The van der Waals surface area contributed by atoms with Gasteiger partial charge in [-0.15, -0.1) is 0 Å². The van der Waals surface area contributed by atoms with E-state index < -0.39 is 11.4 Å². The third-order valence-electron chi connectivity index (χ3n) is 2.83. The van der Waals surface area contributed by atoms with Crippen molar-refractivity contribution < 1.29 is 9.50 Å². The average molecular weight is 220 g/mol. The average Bonchev–Trinajstić information content (AvgIpc) is 2.58. The molecule has 84 valence electrons. The zero-order valence-electron chi connectivity index (χ0n) is 9.07. The van der Waals surface area contributed by atoms with E-state index in [1.54, 1.807) is 13.0 Å². The first-order valence-corrected chi connectivity index (χ1v) is 5.18. The van der Waals surface area contributed by atoms with E-state index in [4.69, 9.17) is 5.26 Å². The number of rotatable bonds is 1. The molecule has 3 nitrogen and oxygen atoms in total. The van der Waals surface area contributed by atoms with Gasteiger partial charge in [0.05, 0.1) is 17.2 Å². The first kappa shape index (κ1) is 10.9. The van der Waals surface area contributed by atoms with Crippen LogP contribution in [0.1, 0.15) is 18.9 Å². The molecule has 16 heavy (non-hydrogen) atoms. The van der Waals surface area contributed by atoms with Gasteiger partial charge in [-0.1, -0.05) is 0 Å². The molecule has 0 radical (unpaired) electrons. The highest BCUT2D eigenvalue weighted by molar-refractivity contribution is 5.53. The summed E-state index contributed by atoms with van der Waals surface area (Å²) in [6.45, 7) is 2.92. The van der Waals surface area contributed by atoms with E-state index in [0.717, 1.165) is 0 Å². The molecule has 2 rings (SSSR count). The lowest BCUT2D eigenvalue weighted by atomic mass is 10.1. The van der Waals surface area contributed by atoms with Crippen molar-refractivity contribution in [1.82, 2.24) is 0 Å². The van der Waals surface area contributed by atoms with Crippen molar-refractivity contribution in [2.45, 2.75) is 18.9 Å². The quantitative estimate of drug-likeness (QED) is 0.783. The van der Waals surface area contributed by atoms with Crippen LogP contribution >= 0.6 is 0 Å². The number of aliphatic hydroxyl groups is 1. The number of anilines is 1. The Morgan fingerprint density at radius 1 is 1.50 bits per heavy atom. The van der Waals surface area contributed by atoms with Crippen LogP contribution in [0.2, 0.25) is 0 Å². The molecule has 4 heteroatoms. The molecule has 1 atom stereocenters. The van der Waals surface area contributed by atoms with Gasteiger partial charge in [0, 0.05) is 18.8 Å². The summed E-state index contributed by atoms with van der Waals surface area (Å²) < 4.78 is 13.2. The highest BCUT2D eigenvalue weighted by Gasteiger charge is 2.31. The normalized spacial score (nSPS) is 24.5. The second-order valence-electron chi connectivity index (χ2n) is 4.48. The van der Waals surface area contributed by atoms with Crippen LogP contribution in [0.5, 0.6) is 0 Å². The minimum Gasteiger partial charge on any atom is -0.388 e. The molecule has 1 aliphatic heterocycles. The summed E-state index contributed by atoms with van der Waals surface area (Å²) in [5.41, 5.74) is 0.245. The topological polar surface area (TPSA) is 47.3 Å². The summed E-state index contributed by atoms with van der Waals surface area (Å²) in [6.07, 6.45) is 0.658. The molecule has 1 aromatic carbocycles. The standard InChI is InChI=1S/C12H13FN2O/c1-12(16)2-3-15(8-12)11-5-9(7-14)4-10(13)6-11/h4-6,16H,2-3,8H2,1H3. The van der Waals surface area contributed by atoms with Crippen molar-refractivity contribution in [2.75, 3.05) is 18.0 Å². The summed E-state index contributed by atoms with van der Waals surface area (Å²) in [6, 6.07) is 6.16. The molecule has 1 unspecified atom stereocenters. The zero-order chi connectivity index (χ0) is 11.8. The molecule has 1 aliphatic rings. The van der Waals surface area contributed by atoms with Gasteiger partial charge in [0.1, 0.15) is 5.82 Å². The zero-order valence-corrected chi connectivity index (χ0v) is 9.07. The van der Waals surface area contributed by atoms with Crippen LogP contribution in [0.3, 0.4) is 0 Å². The maximum atomic E-state index is 13.2. The molecule has 0 aromatic heterocycles. The molecule has 1 fully saturated rings. The van der Waals surface area contributed by atoms with E-state index in [9.17, 15) is 9.50 Å². The SMILES string of the molecule is CC1(O)CCN(c2cc(F)cc(C#N)c2)C1. The van der Waals surface area contributed by atoms with Crippen LogP contribution < -0.4 is 4.90 Å². The van der Waals surface area contributed by atoms with E-state index in [0.29, 0.717) is 30.8 Å². The van der Waals surface area contributed by atoms with E-state index in [2.05, 4.69) is 0 Å². The smallest absolute Gasteiger partial charge is 0.126 e. The van der Waals surface area contributed by atoms with Crippen molar-refractivity contribution in [2.24, 2.45) is 0 Å². The first-order valence-electron chi connectivity index (χ1n) is 5.18. The molecule has 0 spiro atoms. The minimum absolute atomic E-state index is 0.307. The Morgan fingerprint density at radius 3 is 2.81 bits per heavy atom. The summed E-state index contributed by atoms with van der Waals surface area (Å²) in [7, 11) is 0. The minimum atomic E-state index is -0.723. The lowest BCUT2D eigenvalue weighted by molar-refractivity contribution is 0.0839. The van der Waals surface area contributed by atoms with Gasteiger partial charge < -0.3 is 10.0 Å². The second kappa shape index (κ2) is 3.76. The molecule has 1 saturated heterocycles. The highest BCUT2D eigenvalue weighted by Crippen LogP contribution is 2.27. The Morgan fingerprint density at radius 2 is 2.25 bits per heavy atom. The van der Waals surface area contributed by atoms with Crippen LogP contribution in [-0.4, -0.2) is 23.8 Å². The second-order valence-corrected chi connectivity index (χ2v) is 4.48. The predicted molar refractivity (Wildman–Crippen MR) is 58.6 cm³/mol. The Kier molecular flexibility index (Phi) is 2.56. The lowest BCUT2D eigenvalue weighted by Gasteiger charge is -2.21. The number of β-amino-alcohol motifs (C(OH)–C–C–N with tert-alkyl or cyclic N) is 1. The molecule has 1 N–H and O–H groups in total. The fourth-order valence-corrected chi connectivity index (χ4v) is 1.99. The van der Waals surface area contributed by atoms with Gasteiger partial charge in [0.25, 0.3) is 0 Å². The summed E-state index contributed by atoms with van der Waals surface area (Å²) in [5, 5.41) is 18.6. The number of hydrogen-bond acceptors (Lipinski definition) is 3. The van der Waals surface area contributed by atoms with Gasteiger partial charge in [-0.25, -0.2) is 4.39 Å². The van der Waals surface area contributed by atoms with Crippen LogP contribution in [0.25, 0.3) is 0 Å². The van der Waals surface area contributed by atoms with E-state index >= 15 is 0 Å². The van der Waals surface area contributed by atoms with Crippen LogP contribution in [0.15, 0.2) is 18.2 Å². The van der Waals surface area contributed by atoms with Crippen LogP contribution in [-0.2, 0) is 0 Å². The van der Waals surface area contributed by atoms with Gasteiger partial charge in [-0.2, -0.15) is 5.26 Å². The largest absolute Gasteiger partial charge is 0.388 e. The molecule has 0 amide bonds. The fourth-order valence-electron chi connectivity index (χ4n) is 1.99. The fraction of sp³-hybridized carbons (Fsp3) is 0.417. The van der Waals surface area contributed by atoms with Crippen LogP contribution in [0.4, 0.5) is 10.1 Å². The predicted octanol–water partition coefficient (Wildman–Crippen LogP) is 1.66. The van der Waals surface area contributed by atoms with Gasteiger partial charge in [-0.3, -0.25) is 0 Å². The molecular weight excluding hydrogens is 207 g/mol. The number of nitrogens with zero attached hydrogens (tertiary/aromatic N) is 2. The van der Waals surface area contributed by atoms with Crippen molar-refractivity contribution >= 4 is 5.69 Å². The Bertz CT molecular complexity index is 451. The summed E-state index contributed by atoms with van der Waals surface area (Å²) in [5.74, 6) is -0.416. The third-order valence-corrected chi connectivity index (χ3v) is 2.83. The number of nitriles is 1. The van der Waals surface area contributed by atoms with E-state index in [-0.39, 0.29) is 0 Å². The van der Waals surface area contributed by atoms with Crippen molar-refractivity contribution in [3.8, 4) is 6.07 Å². The van der Waals surface area contributed by atoms with Crippen LogP contribution in [0, 0.1) is 17.1 Å². The molecule has 1 aromatic rings. The maximum absolute atomic E-state index is 13.2. The first-order chi connectivity index (χ1) is 7.50. The van der Waals surface area contributed by atoms with Gasteiger partial charge in [0.15, 0.2) is 0 Å². The summed E-state index contributed by atoms with van der Waals surface area (Å²) >= 11 is 0.